The van der Waals surface area contributed by atoms with E-state index in [9.17, 15) is 13.6 Å². The normalized spacial score (nSPS) is 14.1. The number of halogens is 2. The molecule has 0 radical (unpaired) electrons. The van der Waals surface area contributed by atoms with Crippen LogP contribution in [0.25, 0.3) is 10.9 Å². The van der Waals surface area contributed by atoms with Gasteiger partial charge in [0.2, 0.25) is 0 Å². The Morgan fingerprint density at radius 1 is 1.08 bits per heavy atom. The molecule has 1 heterocycles. The van der Waals surface area contributed by atoms with Gasteiger partial charge in [-0.1, -0.05) is 24.3 Å². The largest absolute Gasteiger partial charge is 0.350 e. The molecule has 0 bridgehead atoms. The molecule has 0 unspecified atom stereocenters. The quantitative estimate of drug-likeness (QED) is 0.764. The number of aromatic nitrogens is 1. The Labute approximate surface area is 137 Å². The molecule has 1 N–H and O–H groups in total. The van der Waals surface area contributed by atoms with Crippen molar-refractivity contribution < 1.29 is 13.6 Å². The van der Waals surface area contributed by atoms with Crippen LogP contribution in [0.4, 0.5) is 8.78 Å². The van der Waals surface area contributed by atoms with Gasteiger partial charge in [0.15, 0.2) is 0 Å². The molecule has 3 nitrogen and oxygen atoms in total. The zero-order valence-corrected chi connectivity index (χ0v) is 12.9. The first-order valence-corrected chi connectivity index (χ1v) is 7.95. The molecule has 0 atom stereocenters. The molecule has 5 heteroatoms. The van der Waals surface area contributed by atoms with E-state index in [2.05, 4.69) is 4.98 Å². The second kappa shape index (κ2) is 5.74. The summed E-state index contributed by atoms with van der Waals surface area (Å²) >= 11 is 0. The van der Waals surface area contributed by atoms with Gasteiger partial charge in [0.25, 0.3) is 5.91 Å². The third kappa shape index (κ3) is 2.66. The average Bonchev–Trinajstić information content (AvgIpc) is 3.31. The fourth-order valence-electron chi connectivity index (χ4n) is 2.95. The Kier molecular flexibility index (Phi) is 3.56. The Morgan fingerprint density at radius 2 is 1.83 bits per heavy atom. The Bertz CT molecular complexity index is 915. The number of rotatable bonds is 4. The lowest BCUT2D eigenvalue weighted by atomic mass is 10.2. The third-order valence-electron chi connectivity index (χ3n) is 4.39. The Balaban J connectivity index is 1.66. The summed E-state index contributed by atoms with van der Waals surface area (Å²) < 4.78 is 27.8. The summed E-state index contributed by atoms with van der Waals surface area (Å²) in [4.78, 5) is 17.5. The van der Waals surface area contributed by atoms with Crippen molar-refractivity contribution in [3.8, 4) is 0 Å². The zero-order chi connectivity index (χ0) is 16.7. The highest BCUT2D eigenvalue weighted by molar-refractivity contribution is 5.98. The second-order valence-electron chi connectivity index (χ2n) is 6.14. The van der Waals surface area contributed by atoms with Crippen LogP contribution in [0.5, 0.6) is 0 Å². The summed E-state index contributed by atoms with van der Waals surface area (Å²) in [6.45, 7) is 0.216. The van der Waals surface area contributed by atoms with Gasteiger partial charge in [-0.2, -0.15) is 0 Å². The van der Waals surface area contributed by atoms with Crippen molar-refractivity contribution in [3.63, 3.8) is 0 Å². The topological polar surface area (TPSA) is 36.1 Å². The highest BCUT2D eigenvalue weighted by atomic mass is 19.1. The SMILES string of the molecule is O=C(c1cc2c(F)cccc2[nH]1)N(Cc1ccccc1F)C1CC1. The number of carbonyl (C=O) groups excluding carboxylic acids is 1. The monoisotopic (exact) mass is 326 g/mol. The minimum atomic E-state index is -0.366. The highest BCUT2D eigenvalue weighted by Crippen LogP contribution is 2.31. The van der Waals surface area contributed by atoms with Crippen molar-refractivity contribution in [1.82, 2.24) is 9.88 Å². The van der Waals surface area contributed by atoms with E-state index in [0.29, 0.717) is 22.2 Å². The summed E-state index contributed by atoms with van der Waals surface area (Å²) in [5.74, 6) is -0.912. The van der Waals surface area contributed by atoms with E-state index in [4.69, 9.17) is 0 Å². The molecule has 1 aromatic heterocycles. The van der Waals surface area contributed by atoms with Crippen molar-refractivity contribution in [3.05, 3.63) is 71.4 Å². The predicted octanol–water partition coefficient (Wildman–Crippen LogP) is 4.25. The number of nitrogens with zero attached hydrogens (tertiary/aromatic N) is 1. The molecule has 1 amide bonds. The molecule has 1 saturated carbocycles. The first-order chi connectivity index (χ1) is 11.6. The second-order valence-corrected chi connectivity index (χ2v) is 6.14. The number of carbonyl (C=O) groups is 1. The smallest absolute Gasteiger partial charge is 0.270 e. The third-order valence-corrected chi connectivity index (χ3v) is 4.39. The maximum absolute atomic E-state index is 13.9. The van der Waals surface area contributed by atoms with Gasteiger partial charge >= 0.3 is 0 Å². The molecule has 3 aromatic rings. The van der Waals surface area contributed by atoms with Crippen LogP contribution in [-0.2, 0) is 6.54 Å². The van der Waals surface area contributed by atoms with Crippen LogP contribution in [0.15, 0.2) is 48.5 Å². The molecule has 1 aliphatic rings. The number of hydrogen-bond acceptors (Lipinski definition) is 1. The summed E-state index contributed by atoms with van der Waals surface area (Å²) in [7, 11) is 0. The lowest BCUT2D eigenvalue weighted by Gasteiger charge is -2.22. The fraction of sp³-hybridized carbons (Fsp3) is 0.211. The molecule has 0 spiro atoms. The van der Waals surface area contributed by atoms with E-state index < -0.39 is 0 Å². The van der Waals surface area contributed by atoms with Gasteiger partial charge in [-0.05, 0) is 37.1 Å². The summed E-state index contributed by atoms with van der Waals surface area (Å²) in [6.07, 6.45) is 1.82. The van der Waals surface area contributed by atoms with E-state index in [1.54, 1.807) is 35.2 Å². The van der Waals surface area contributed by atoms with Crippen LogP contribution in [-0.4, -0.2) is 21.8 Å². The van der Waals surface area contributed by atoms with Gasteiger partial charge in [0.05, 0.1) is 0 Å². The van der Waals surface area contributed by atoms with Gasteiger partial charge in [0, 0.05) is 29.1 Å². The summed E-state index contributed by atoms with van der Waals surface area (Å²) in [6, 6.07) is 12.8. The van der Waals surface area contributed by atoms with Crippen LogP contribution in [0.1, 0.15) is 28.9 Å². The fourth-order valence-corrected chi connectivity index (χ4v) is 2.95. The number of nitrogens with one attached hydrogen (secondary N) is 1. The number of amides is 1. The molecular formula is C19H16F2N2O. The number of fused-ring (bicyclic) bond motifs is 1. The van der Waals surface area contributed by atoms with Gasteiger partial charge in [-0.3, -0.25) is 4.79 Å². The Morgan fingerprint density at radius 3 is 2.54 bits per heavy atom. The van der Waals surface area contributed by atoms with Crippen molar-refractivity contribution in [1.29, 1.82) is 0 Å². The maximum atomic E-state index is 13.9. The maximum Gasteiger partial charge on any atom is 0.270 e. The first kappa shape index (κ1) is 14.9. The molecule has 24 heavy (non-hydrogen) atoms. The van der Waals surface area contributed by atoms with Gasteiger partial charge in [0.1, 0.15) is 17.3 Å². The van der Waals surface area contributed by atoms with Crippen molar-refractivity contribution in [2.45, 2.75) is 25.4 Å². The Hall–Kier alpha value is -2.69. The summed E-state index contributed by atoms with van der Waals surface area (Å²) in [5, 5.41) is 0.391. The number of H-pyrrole nitrogens is 1. The van der Waals surface area contributed by atoms with E-state index in [1.807, 2.05) is 0 Å². The van der Waals surface area contributed by atoms with Crippen molar-refractivity contribution >= 4 is 16.8 Å². The molecule has 1 aliphatic carbocycles. The number of aromatic amines is 1. The van der Waals surface area contributed by atoms with Crippen molar-refractivity contribution in [2.75, 3.05) is 0 Å². The van der Waals surface area contributed by atoms with Crippen LogP contribution < -0.4 is 0 Å². The minimum Gasteiger partial charge on any atom is -0.350 e. The lowest BCUT2D eigenvalue weighted by molar-refractivity contribution is 0.0723. The van der Waals surface area contributed by atoms with Crippen LogP contribution in [0.3, 0.4) is 0 Å². The van der Waals surface area contributed by atoms with Gasteiger partial charge < -0.3 is 9.88 Å². The van der Waals surface area contributed by atoms with E-state index in [-0.39, 0.29) is 30.1 Å². The molecule has 4 rings (SSSR count). The predicted molar refractivity (Wildman–Crippen MR) is 87.6 cm³/mol. The van der Waals surface area contributed by atoms with Crippen LogP contribution in [0, 0.1) is 11.6 Å². The van der Waals surface area contributed by atoms with Gasteiger partial charge in [-0.25, -0.2) is 8.78 Å². The van der Waals surface area contributed by atoms with Crippen LogP contribution >= 0.6 is 0 Å². The highest BCUT2D eigenvalue weighted by Gasteiger charge is 2.34. The summed E-state index contributed by atoms with van der Waals surface area (Å²) in [5.41, 5.74) is 1.40. The van der Waals surface area contributed by atoms with E-state index in [0.717, 1.165) is 12.8 Å². The standard InChI is InChI=1S/C19H16F2N2O/c20-15-5-2-1-4-12(15)11-23(13-8-9-13)19(24)18-10-14-16(21)6-3-7-17(14)22-18/h1-7,10,13,22H,8-9,11H2. The molecular weight excluding hydrogens is 310 g/mol. The van der Waals surface area contributed by atoms with E-state index in [1.165, 1.54) is 18.2 Å². The molecule has 2 aromatic carbocycles. The number of benzene rings is 2. The molecule has 1 fully saturated rings. The van der Waals surface area contributed by atoms with E-state index >= 15 is 0 Å². The van der Waals surface area contributed by atoms with Crippen LogP contribution in [0.2, 0.25) is 0 Å². The first-order valence-electron chi connectivity index (χ1n) is 7.95. The minimum absolute atomic E-state index is 0.119. The molecule has 0 saturated heterocycles. The molecule has 122 valence electrons. The number of hydrogen-bond donors (Lipinski definition) is 1. The van der Waals surface area contributed by atoms with Gasteiger partial charge in [-0.15, -0.1) is 0 Å². The lowest BCUT2D eigenvalue weighted by Crippen LogP contribution is -2.33. The zero-order valence-electron chi connectivity index (χ0n) is 12.9. The van der Waals surface area contributed by atoms with Crippen molar-refractivity contribution in [2.24, 2.45) is 0 Å². The average molecular weight is 326 g/mol. The molecule has 0 aliphatic heterocycles.